The van der Waals surface area contributed by atoms with Crippen molar-refractivity contribution in [2.75, 3.05) is 6.61 Å². The van der Waals surface area contributed by atoms with Crippen molar-refractivity contribution >= 4 is 11.9 Å². The molecule has 0 spiro atoms. The Morgan fingerprint density at radius 2 is 1.75 bits per heavy atom. The number of aliphatic carboxylic acids is 1. The lowest BCUT2D eigenvalue weighted by atomic mass is 9.50. The Bertz CT molecular complexity index is 890. The van der Waals surface area contributed by atoms with Crippen LogP contribution in [0.2, 0.25) is 0 Å². The van der Waals surface area contributed by atoms with Crippen molar-refractivity contribution in [2.24, 2.45) is 23.2 Å². The normalized spacial score (nSPS) is 32.4. The van der Waals surface area contributed by atoms with E-state index in [4.69, 9.17) is 4.74 Å². The molecule has 0 heterocycles. The zero-order valence-corrected chi connectivity index (χ0v) is 18.5. The van der Waals surface area contributed by atoms with E-state index in [9.17, 15) is 24.2 Å². The molecule has 0 saturated heterocycles. The molecule has 2 atom stereocenters. The Hall–Kier alpha value is -2.15. The highest BCUT2D eigenvalue weighted by Gasteiger charge is 2.51. The average molecular weight is 446 g/mol. The predicted octanol–water partition coefficient (Wildman–Crippen LogP) is 3.86. The van der Waals surface area contributed by atoms with E-state index in [2.05, 4.69) is 5.32 Å². The number of carbonyl (C=O) groups is 2. The van der Waals surface area contributed by atoms with Crippen LogP contribution < -0.4 is 10.1 Å². The summed E-state index contributed by atoms with van der Waals surface area (Å²) in [5, 5.41) is 21.1. The number of nitrogens with one attached hydrogen (secondary N) is 1. The lowest BCUT2D eigenvalue weighted by Gasteiger charge is -2.56. The van der Waals surface area contributed by atoms with Crippen LogP contribution in [0.3, 0.4) is 0 Å². The molecule has 0 aromatic heterocycles. The van der Waals surface area contributed by atoms with Gasteiger partial charge in [-0.15, -0.1) is 0 Å². The van der Waals surface area contributed by atoms with Gasteiger partial charge in [0.25, 0.3) is 5.91 Å². The van der Waals surface area contributed by atoms with Gasteiger partial charge in [0.15, 0.2) is 6.04 Å². The Kier molecular flexibility index (Phi) is 5.43. The summed E-state index contributed by atoms with van der Waals surface area (Å²) in [6.45, 7) is 1.87. The highest BCUT2D eigenvalue weighted by atomic mass is 19.1. The summed E-state index contributed by atoms with van der Waals surface area (Å²) in [5.74, 6) is 0.243. The van der Waals surface area contributed by atoms with E-state index in [0.717, 1.165) is 36.2 Å². The summed E-state index contributed by atoms with van der Waals surface area (Å²) < 4.78 is 21.2. The SMILES string of the molecule is CC(O)C(NC(=O)c1cc(C2CC2)c(OCC23CC4CC(CC(C4)C2)C3)cc1F)C(=O)O. The van der Waals surface area contributed by atoms with Gasteiger partial charge < -0.3 is 20.3 Å². The third-order valence-electron chi connectivity index (χ3n) is 8.10. The van der Waals surface area contributed by atoms with Gasteiger partial charge in [0, 0.05) is 11.5 Å². The van der Waals surface area contributed by atoms with Crippen LogP contribution in [0.1, 0.15) is 80.1 Å². The van der Waals surface area contributed by atoms with Crippen LogP contribution in [0.15, 0.2) is 12.1 Å². The van der Waals surface area contributed by atoms with Crippen LogP contribution in [0.25, 0.3) is 0 Å². The number of rotatable bonds is 8. The summed E-state index contributed by atoms with van der Waals surface area (Å²) in [5.41, 5.74) is 0.819. The molecule has 1 aromatic rings. The van der Waals surface area contributed by atoms with Gasteiger partial charge >= 0.3 is 5.97 Å². The number of carbonyl (C=O) groups excluding carboxylic acids is 1. The van der Waals surface area contributed by atoms with Gasteiger partial charge in [-0.25, -0.2) is 9.18 Å². The summed E-state index contributed by atoms with van der Waals surface area (Å²) >= 11 is 0. The van der Waals surface area contributed by atoms with Crippen LogP contribution in [-0.2, 0) is 4.79 Å². The summed E-state index contributed by atoms with van der Waals surface area (Å²) in [6, 6.07) is 1.30. The predicted molar refractivity (Wildman–Crippen MR) is 115 cm³/mol. The lowest BCUT2D eigenvalue weighted by Crippen LogP contribution is -2.48. The molecular weight excluding hydrogens is 413 g/mol. The molecule has 2 unspecified atom stereocenters. The van der Waals surface area contributed by atoms with Crippen molar-refractivity contribution in [3.05, 3.63) is 29.1 Å². The van der Waals surface area contributed by atoms with Crippen molar-refractivity contribution in [1.82, 2.24) is 5.32 Å². The van der Waals surface area contributed by atoms with Crippen molar-refractivity contribution in [2.45, 2.75) is 76.4 Å². The number of hydrogen-bond donors (Lipinski definition) is 3. The van der Waals surface area contributed by atoms with E-state index in [-0.39, 0.29) is 16.9 Å². The maximum Gasteiger partial charge on any atom is 0.328 e. The van der Waals surface area contributed by atoms with Crippen LogP contribution in [0.4, 0.5) is 4.39 Å². The van der Waals surface area contributed by atoms with Gasteiger partial charge in [-0.3, -0.25) is 4.79 Å². The van der Waals surface area contributed by atoms with Gasteiger partial charge in [0.2, 0.25) is 0 Å². The number of carboxylic acid groups (broad SMARTS) is 1. The van der Waals surface area contributed by atoms with Crippen molar-refractivity contribution < 1.29 is 28.9 Å². The Morgan fingerprint density at radius 1 is 1.16 bits per heavy atom. The molecule has 1 amide bonds. The molecule has 1 aromatic carbocycles. The second kappa shape index (κ2) is 8.01. The highest BCUT2D eigenvalue weighted by molar-refractivity contribution is 5.97. The third-order valence-corrected chi connectivity index (χ3v) is 8.10. The van der Waals surface area contributed by atoms with Crippen LogP contribution in [-0.4, -0.2) is 40.8 Å². The Balaban J connectivity index is 1.34. The fourth-order valence-corrected chi connectivity index (χ4v) is 6.89. The topological polar surface area (TPSA) is 95.9 Å². The van der Waals surface area contributed by atoms with Crippen molar-refractivity contribution in [3.8, 4) is 5.75 Å². The van der Waals surface area contributed by atoms with E-state index < -0.39 is 29.8 Å². The fraction of sp³-hybridized carbons (Fsp3) is 0.680. The Morgan fingerprint density at radius 3 is 2.25 bits per heavy atom. The molecular formula is C25H32FNO5. The zero-order valence-electron chi connectivity index (χ0n) is 18.5. The maximum absolute atomic E-state index is 15.0. The molecule has 32 heavy (non-hydrogen) atoms. The molecule has 5 saturated carbocycles. The highest BCUT2D eigenvalue weighted by Crippen LogP contribution is 2.60. The quantitative estimate of drug-likeness (QED) is 0.565. The van der Waals surface area contributed by atoms with Gasteiger partial charge in [0.05, 0.1) is 18.3 Å². The number of benzene rings is 1. The number of hydrogen-bond acceptors (Lipinski definition) is 4. The van der Waals surface area contributed by atoms with Crippen molar-refractivity contribution in [1.29, 1.82) is 0 Å². The second-order valence-corrected chi connectivity index (χ2v) is 10.9. The minimum atomic E-state index is -1.50. The standard InChI is InChI=1S/C25H32FNO5/c1-13(28)22(24(30)31)27-23(29)19-7-18(17-2-3-17)21(8-20(19)26)32-12-25-9-14-4-15(10-25)6-16(5-14)11-25/h7-8,13-17,22,28H,2-6,9-12H2,1H3,(H,27,29)(H,30,31). The molecule has 174 valence electrons. The van der Waals surface area contributed by atoms with E-state index in [1.165, 1.54) is 57.6 Å². The van der Waals surface area contributed by atoms with Crippen LogP contribution >= 0.6 is 0 Å². The van der Waals surface area contributed by atoms with E-state index in [1.807, 2.05) is 0 Å². The number of aliphatic hydroxyl groups is 1. The van der Waals surface area contributed by atoms with Gasteiger partial charge in [-0.2, -0.15) is 0 Å². The van der Waals surface area contributed by atoms with Crippen LogP contribution in [0.5, 0.6) is 5.75 Å². The number of halogens is 1. The number of amides is 1. The molecule has 4 bridgehead atoms. The minimum Gasteiger partial charge on any atom is -0.493 e. The molecule has 0 radical (unpaired) electrons. The number of aliphatic hydroxyl groups excluding tert-OH is 1. The minimum absolute atomic E-state index is 0.202. The fourth-order valence-electron chi connectivity index (χ4n) is 6.89. The van der Waals surface area contributed by atoms with Crippen LogP contribution in [0, 0.1) is 29.0 Å². The van der Waals surface area contributed by atoms with E-state index in [0.29, 0.717) is 12.4 Å². The maximum atomic E-state index is 15.0. The first-order chi connectivity index (χ1) is 15.2. The van der Waals surface area contributed by atoms with Crippen molar-refractivity contribution in [3.63, 3.8) is 0 Å². The summed E-state index contributed by atoms with van der Waals surface area (Å²) in [4.78, 5) is 23.9. The Labute approximate surface area is 187 Å². The molecule has 6 rings (SSSR count). The lowest BCUT2D eigenvalue weighted by molar-refractivity contribution is -0.141. The first-order valence-corrected chi connectivity index (χ1v) is 11.9. The molecule has 5 aliphatic carbocycles. The smallest absolute Gasteiger partial charge is 0.328 e. The monoisotopic (exact) mass is 445 g/mol. The first kappa shape index (κ1) is 21.7. The molecule has 7 heteroatoms. The number of ether oxygens (including phenoxy) is 1. The average Bonchev–Trinajstić information content (AvgIpc) is 3.54. The third kappa shape index (κ3) is 4.12. The first-order valence-electron chi connectivity index (χ1n) is 11.9. The molecule has 5 aliphatic rings. The molecule has 6 nitrogen and oxygen atoms in total. The number of carboxylic acids is 1. The van der Waals surface area contributed by atoms with Gasteiger partial charge in [-0.05, 0) is 93.6 Å². The molecule has 0 aliphatic heterocycles. The van der Waals surface area contributed by atoms with E-state index >= 15 is 0 Å². The van der Waals surface area contributed by atoms with E-state index in [1.54, 1.807) is 0 Å². The van der Waals surface area contributed by atoms with Gasteiger partial charge in [-0.1, -0.05) is 0 Å². The molecule has 3 N–H and O–H groups in total. The second-order valence-electron chi connectivity index (χ2n) is 10.9. The summed E-state index contributed by atoms with van der Waals surface area (Å²) in [6.07, 6.45) is 8.31. The summed E-state index contributed by atoms with van der Waals surface area (Å²) in [7, 11) is 0. The zero-order chi connectivity index (χ0) is 22.6. The largest absolute Gasteiger partial charge is 0.493 e. The molecule has 5 fully saturated rings. The van der Waals surface area contributed by atoms with Gasteiger partial charge in [0.1, 0.15) is 11.6 Å².